The second-order valence-electron chi connectivity index (χ2n) is 4.63. The summed E-state index contributed by atoms with van der Waals surface area (Å²) < 4.78 is 53.5. The van der Waals surface area contributed by atoms with Crippen LogP contribution in [0.25, 0.3) is 11.4 Å². The Balaban J connectivity index is 2.77. The Bertz CT molecular complexity index is 681. The van der Waals surface area contributed by atoms with Crippen LogP contribution in [0.2, 0.25) is 0 Å². The molecule has 0 aliphatic carbocycles. The summed E-state index contributed by atoms with van der Waals surface area (Å²) in [6.07, 6.45) is -3.34. The number of hydrogen-bond acceptors (Lipinski definition) is 3. The number of nitrogens with two attached hydrogens (primary N) is 1. The normalized spacial score (nSPS) is 11.8. The van der Waals surface area contributed by atoms with Gasteiger partial charge < -0.3 is 5.73 Å². The molecule has 0 unspecified atom stereocenters. The van der Waals surface area contributed by atoms with Crippen LogP contribution in [-0.4, -0.2) is 9.97 Å². The first kappa shape index (κ1) is 15.4. The summed E-state index contributed by atoms with van der Waals surface area (Å²) in [5.74, 6) is -1.33. The molecule has 2 N–H and O–H groups in total. The molecule has 0 atom stereocenters. The second-order valence-corrected chi connectivity index (χ2v) is 4.63. The lowest BCUT2D eigenvalue weighted by Gasteiger charge is -2.15. The van der Waals surface area contributed by atoms with Gasteiger partial charge in [0.2, 0.25) is 0 Å². The lowest BCUT2D eigenvalue weighted by Crippen LogP contribution is -2.13. The molecular weight excluding hydrogens is 286 g/mol. The van der Waals surface area contributed by atoms with Crippen molar-refractivity contribution in [2.45, 2.75) is 26.6 Å². The van der Waals surface area contributed by atoms with Crippen LogP contribution in [0.15, 0.2) is 18.3 Å². The van der Waals surface area contributed by atoms with Crippen molar-refractivity contribution >= 4 is 0 Å². The number of alkyl halides is 3. The highest BCUT2D eigenvalue weighted by atomic mass is 19.4. The molecule has 0 fully saturated rings. The molecule has 112 valence electrons. The van der Waals surface area contributed by atoms with Gasteiger partial charge in [-0.3, -0.25) is 0 Å². The highest BCUT2D eigenvalue weighted by molar-refractivity contribution is 5.63. The van der Waals surface area contributed by atoms with Gasteiger partial charge in [0.25, 0.3) is 0 Å². The molecule has 0 bridgehead atoms. The van der Waals surface area contributed by atoms with Gasteiger partial charge >= 0.3 is 6.18 Å². The summed E-state index contributed by atoms with van der Waals surface area (Å²) in [6, 6.07) is 1.84. The van der Waals surface area contributed by atoms with Gasteiger partial charge in [-0.15, -0.1) is 0 Å². The largest absolute Gasteiger partial charge is 0.417 e. The van der Waals surface area contributed by atoms with Crippen molar-refractivity contribution in [2.75, 3.05) is 0 Å². The summed E-state index contributed by atoms with van der Waals surface area (Å²) in [5, 5.41) is 0. The molecule has 3 nitrogen and oxygen atoms in total. The van der Waals surface area contributed by atoms with Crippen molar-refractivity contribution in [2.24, 2.45) is 5.73 Å². The fourth-order valence-electron chi connectivity index (χ4n) is 1.88. The second kappa shape index (κ2) is 5.40. The Morgan fingerprint density at radius 3 is 2.38 bits per heavy atom. The number of nitrogens with zero attached hydrogens (tertiary/aromatic N) is 2. The van der Waals surface area contributed by atoms with Crippen molar-refractivity contribution in [3.8, 4) is 11.4 Å². The highest BCUT2D eigenvalue weighted by Gasteiger charge is 2.36. The summed E-state index contributed by atoms with van der Waals surface area (Å²) in [5.41, 5.74) is 4.77. The molecular formula is C14H13F4N3. The van der Waals surface area contributed by atoms with Gasteiger partial charge in [0.15, 0.2) is 5.82 Å². The minimum absolute atomic E-state index is 0.0140. The van der Waals surface area contributed by atoms with E-state index in [1.807, 2.05) is 0 Å². The minimum atomic E-state index is -4.70. The third kappa shape index (κ3) is 2.87. The minimum Gasteiger partial charge on any atom is -0.326 e. The van der Waals surface area contributed by atoms with Crippen LogP contribution in [0.1, 0.15) is 22.4 Å². The third-order valence-electron chi connectivity index (χ3n) is 3.20. The molecule has 0 saturated heterocycles. The van der Waals surface area contributed by atoms with E-state index in [2.05, 4.69) is 9.97 Å². The maximum absolute atomic E-state index is 14.3. The zero-order valence-electron chi connectivity index (χ0n) is 11.4. The van der Waals surface area contributed by atoms with E-state index >= 15 is 0 Å². The molecule has 0 saturated carbocycles. The molecule has 0 amide bonds. The molecule has 2 aromatic rings. The fraction of sp³-hybridized carbons (Fsp3) is 0.286. The van der Waals surface area contributed by atoms with E-state index in [-0.39, 0.29) is 17.9 Å². The maximum atomic E-state index is 14.3. The first-order valence-electron chi connectivity index (χ1n) is 6.15. The molecule has 0 aliphatic rings. The van der Waals surface area contributed by atoms with Crippen molar-refractivity contribution in [1.82, 2.24) is 9.97 Å². The standard InChI is InChI=1S/C14H13F4N3/c1-7-6-20-13(21-8(7)2)11-10(14(16,17)18)4-3-9(5-19)12(11)15/h3-4,6H,5,19H2,1-2H3. The lowest BCUT2D eigenvalue weighted by atomic mass is 10.0. The van der Waals surface area contributed by atoms with Crippen LogP contribution in [0.3, 0.4) is 0 Å². The molecule has 1 heterocycles. The first-order valence-corrected chi connectivity index (χ1v) is 6.15. The van der Waals surface area contributed by atoms with Gasteiger partial charge in [-0.25, -0.2) is 14.4 Å². The van der Waals surface area contributed by atoms with Crippen LogP contribution in [0, 0.1) is 19.7 Å². The van der Waals surface area contributed by atoms with Gasteiger partial charge in [0.1, 0.15) is 5.82 Å². The van der Waals surface area contributed by atoms with Gasteiger partial charge in [-0.05, 0) is 25.5 Å². The van der Waals surface area contributed by atoms with Crippen molar-refractivity contribution in [3.05, 3.63) is 46.5 Å². The SMILES string of the molecule is Cc1cnc(-c2c(C(F)(F)F)ccc(CN)c2F)nc1C. The van der Waals surface area contributed by atoms with E-state index in [4.69, 9.17) is 5.73 Å². The topological polar surface area (TPSA) is 51.8 Å². The molecule has 1 aromatic heterocycles. The predicted octanol–water partition coefficient (Wildman–Crippen LogP) is 3.38. The quantitative estimate of drug-likeness (QED) is 0.865. The average molecular weight is 299 g/mol. The van der Waals surface area contributed by atoms with Crippen LogP contribution < -0.4 is 5.73 Å². The summed E-state index contributed by atoms with van der Waals surface area (Å²) in [7, 11) is 0. The number of benzene rings is 1. The molecule has 0 spiro atoms. The molecule has 0 aliphatic heterocycles. The zero-order chi connectivity index (χ0) is 15.8. The Labute approximate surface area is 118 Å². The number of aromatic nitrogens is 2. The predicted molar refractivity (Wildman–Crippen MR) is 69.8 cm³/mol. The fourth-order valence-corrected chi connectivity index (χ4v) is 1.88. The Kier molecular flexibility index (Phi) is 3.95. The summed E-state index contributed by atoms with van der Waals surface area (Å²) in [6.45, 7) is 3.14. The van der Waals surface area contributed by atoms with Crippen molar-refractivity contribution in [3.63, 3.8) is 0 Å². The molecule has 21 heavy (non-hydrogen) atoms. The molecule has 7 heteroatoms. The number of hydrogen-bond donors (Lipinski definition) is 1. The monoisotopic (exact) mass is 299 g/mol. The smallest absolute Gasteiger partial charge is 0.326 e. The Hall–Kier alpha value is -2.02. The summed E-state index contributed by atoms with van der Waals surface area (Å²) in [4.78, 5) is 7.79. The van der Waals surface area contributed by atoms with Gasteiger partial charge in [-0.1, -0.05) is 6.07 Å². The van der Waals surface area contributed by atoms with Crippen LogP contribution in [0.4, 0.5) is 17.6 Å². The van der Waals surface area contributed by atoms with E-state index in [9.17, 15) is 17.6 Å². The number of aryl methyl sites for hydroxylation is 2. The Morgan fingerprint density at radius 1 is 1.19 bits per heavy atom. The van der Waals surface area contributed by atoms with Crippen LogP contribution in [0.5, 0.6) is 0 Å². The highest BCUT2D eigenvalue weighted by Crippen LogP contribution is 2.38. The zero-order valence-corrected chi connectivity index (χ0v) is 11.4. The van der Waals surface area contributed by atoms with E-state index in [1.165, 1.54) is 6.20 Å². The van der Waals surface area contributed by atoms with Crippen LogP contribution in [-0.2, 0) is 12.7 Å². The van der Waals surface area contributed by atoms with E-state index in [1.54, 1.807) is 13.8 Å². The van der Waals surface area contributed by atoms with Gasteiger partial charge in [0.05, 0.1) is 11.1 Å². The Morgan fingerprint density at radius 2 is 1.86 bits per heavy atom. The number of halogens is 4. The van der Waals surface area contributed by atoms with E-state index < -0.39 is 23.1 Å². The molecule has 1 aromatic carbocycles. The maximum Gasteiger partial charge on any atom is 0.417 e. The van der Waals surface area contributed by atoms with Crippen LogP contribution >= 0.6 is 0 Å². The van der Waals surface area contributed by atoms with Gasteiger partial charge in [0, 0.05) is 24.0 Å². The summed E-state index contributed by atoms with van der Waals surface area (Å²) >= 11 is 0. The van der Waals surface area contributed by atoms with Crippen molar-refractivity contribution < 1.29 is 17.6 Å². The first-order chi connectivity index (χ1) is 9.75. The molecule has 0 radical (unpaired) electrons. The number of rotatable bonds is 2. The molecule has 2 rings (SSSR count). The third-order valence-corrected chi connectivity index (χ3v) is 3.20. The van der Waals surface area contributed by atoms with Gasteiger partial charge in [-0.2, -0.15) is 13.2 Å². The average Bonchev–Trinajstić information content (AvgIpc) is 2.40. The van der Waals surface area contributed by atoms with E-state index in [0.717, 1.165) is 12.1 Å². The lowest BCUT2D eigenvalue weighted by molar-refractivity contribution is -0.137. The van der Waals surface area contributed by atoms with Crippen molar-refractivity contribution in [1.29, 1.82) is 0 Å². The van der Waals surface area contributed by atoms with E-state index in [0.29, 0.717) is 11.3 Å².